The molecular weight excluding hydrogens is 370 g/mol. The average Bonchev–Trinajstić information content (AvgIpc) is 2.69. The molecule has 0 spiro atoms. The van der Waals surface area contributed by atoms with Crippen molar-refractivity contribution in [3.8, 4) is 5.75 Å². The molecule has 3 rings (SSSR count). The van der Waals surface area contributed by atoms with Crippen LogP contribution in [0.4, 0.5) is 0 Å². The molecule has 1 saturated carbocycles. The van der Waals surface area contributed by atoms with Gasteiger partial charge in [-0.15, -0.1) is 0 Å². The van der Waals surface area contributed by atoms with Gasteiger partial charge < -0.3 is 14.7 Å². The molecule has 0 heterocycles. The lowest BCUT2D eigenvalue weighted by Gasteiger charge is -2.54. The van der Waals surface area contributed by atoms with Gasteiger partial charge in [-0.1, -0.05) is 61.0 Å². The molecule has 0 bridgehead atoms. The summed E-state index contributed by atoms with van der Waals surface area (Å²) < 4.78 is 6.25. The zero-order valence-corrected chi connectivity index (χ0v) is 20.6. The summed E-state index contributed by atoms with van der Waals surface area (Å²) in [7, 11) is 0. The number of ether oxygens (including phenoxy) is 1. The van der Waals surface area contributed by atoms with E-state index in [2.05, 4.69) is 65.5 Å². The molecule has 170 valence electrons. The van der Waals surface area contributed by atoms with Gasteiger partial charge in [0.15, 0.2) is 0 Å². The molecule has 2 aliphatic carbocycles. The van der Waals surface area contributed by atoms with Gasteiger partial charge in [-0.2, -0.15) is 0 Å². The van der Waals surface area contributed by atoms with E-state index in [1.807, 2.05) is 0 Å². The second-order valence-electron chi connectivity index (χ2n) is 11.0. The number of likely N-dealkylation sites (N-methyl/N-ethyl adjacent to an activating group) is 1. The zero-order chi connectivity index (χ0) is 22.1. The minimum Gasteiger partial charge on any atom is -0.491 e. The topological polar surface area (TPSA) is 32.7 Å². The molecule has 1 aromatic rings. The molecule has 1 fully saturated rings. The van der Waals surface area contributed by atoms with Crippen molar-refractivity contribution in [2.75, 3.05) is 26.2 Å². The summed E-state index contributed by atoms with van der Waals surface area (Å²) in [5, 5.41) is 10.5. The summed E-state index contributed by atoms with van der Waals surface area (Å²) >= 11 is 0. The van der Waals surface area contributed by atoms with Gasteiger partial charge >= 0.3 is 0 Å². The van der Waals surface area contributed by atoms with Gasteiger partial charge in [0, 0.05) is 12.1 Å². The molecule has 2 unspecified atom stereocenters. The van der Waals surface area contributed by atoms with E-state index in [0.717, 1.165) is 31.2 Å². The average molecular weight is 416 g/mol. The van der Waals surface area contributed by atoms with Crippen LogP contribution in [0.25, 0.3) is 0 Å². The van der Waals surface area contributed by atoms with E-state index in [0.29, 0.717) is 24.5 Å². The number of rotatable bonds is 8. The van der Waals surface area contributed by atoms with Crippen molar-refractivity contribution in [2.45, 2.75) is 98.0 Å². The van der Waals surface area contributed by atoms with Crippen molar-refractivity contribution < 1.29 is 9.84 Å². The lowest BCUT2D eigenvalue weighted by Crippen LogP contribution is -2.48. The molecule has 0 aliphatic heterocycles. The van der Waals surface area contributed by atoms with Crippen LogP contribution < -0.4 is 4.74 Å². The fraction of sp³-hybridized carbons (Fsp3) is 0.778. The third kappa shape index (κ3) is 4.43. The van der Waals surface area contributed by atoms with Gasteiger partial charge in [-0.25, -0.2) is 0 Å². The molecular formula is C27H45NO2. The van der Waals surface area contributed by atoms with Gasteiger partial charge in [0.2, 0.25) is 0 Å². The fourth-order valence-electron chi connectivity index (χ4n) is 6.67. The normalized spacial score (nSPS) is 26.4. The van der Waals surface area contributed by atoms with Crippen LogP contribution in [0.2, 0.25) is 0 Å². The number of aliphatic hydroxyl groups excluding tert-OH is 1. The maximum Gasteiger partial charge on any atom is 0.123 e. The number of nitrogens with zero attached hydrogens (tertiary/aromatic N) is 1. The summed E-state index contributed by atoms with van der Waals surface area (Å²) in [6, 6.07) is 4.56. The first-order chi connectivity index (χ1) is 14.1. The second kappa shape index (κ2) is 9.20. The Labute approximate surface area is 185 Å². The van der Waals surface area contributed by atoms with Crippen molar-refractivity contribution in [3.63, 3.8) is 0 Å². The monoisotopic (exact) mass is 415 g/mol. The lowest BCUT2D eigenvalue weighted by molar-refractivity contribution is 0.0402. The molecule has 0 radical (unpaired) electrons. The maximum atomic E-state index is 10.5. The molecule has 0 amide bonds. The molecule has 2 aliphatic rings. The summed E-state index contributed by atoms with van der Waals surface area (Å²) in [5.41, 5.74) is 5.20. The van der Waals surface area contributed by atoms with Crippen molar-refractivity contribution in [2.24, 2.45) is 11.3 Å². The Morgan fingerprint density at radius 1 is 1.13 bits per heavy atom. The standard InChI is InChI=1S/C27H45NO2/c1-8-28(9-2)17-20(29)18-30-23-13-12-22-21(25(23)19(3)4)11-14-24-26(5,6)15-10-16-27(22,24)7/h12-13,19-20,24,29H,8-11,14-18H2,1-7H3/t20?,24?,27-/m1/s1. The Balaban J connectivity index is 1.87. The predicted molar refractivity (Wildman–Crippen MR) is 127 cm³/mol. The first-order valence-corrected chi connectivity index (χ1v) is 12.3. The highest BCUT2D eigenvalue weighted by molar-refractivity contribution is 5.51. The minimum absolute atomic E-state index is 0.278. The van der Waals surface area contributed by atoms with E-state index in [4.69, 9.17) is 4.74 Å². The number of hydrogen-bond donors (Lipinski definition) is 1. The molecule has 3 atom stereocenters. The number of benzene rings is 1. The van der Waals surface area contributed by atoms with Crippen LogP contribution in [0.15, 0.2) is 12.1 Å². The Morgan fingerprint density at radius 3 is 2.47 bits per heavy atom. The van der Waals surface area contributed by atoms with E-state index >= 15 is 0 Å². The minimum atomic E-state index is -0.456. The van der Waals surface area contributed by atoms with E-state index in [9.17, 15) is 5.11 Å². The van der Waals surface area contributed by atoms with Gasteiger partial charge in [-0.3, -0.25) is 0 Å². The highest BCUT2D eigenvalue weighted by atomic mass is 16.5. The van der Waals surface area contributed by atoms with Gasteiger partial charge in [0.05, 0.1) is 0 Å². The van der Waals surface area contributed by atoms with Crippen molar-refractivity contribution >= 4 is 0 Å². The third-order valence-electron chi connectivity index (χ3n) is 8.22. The maximum absolute atomic E-state index is 10.5. The molecule has 3 heteroatoms. The third-order valence-corrected chi connectivity index (χ3v) is 8.22. The Hall–Kier alpha value is -1.06. The van der Waals surface area contributed by atoms with Crippen LogP contribution in [0.3, 0.4) is 0 Å². The number of hydrogen-bond acceptors (Lipinski definition) is 3. The van der Waals surface area contributed by atoms with Gasteiger partial charge in [-0.05, 0) is 78.6 Å². The molecule has 3 nitrogen and oxygen atoms in total. The largest absolute Gasteiger partial charge is 0.491 e. The summed E-state index contributed by atoms with van der Waals surface area (Å²) in [5.74, 6) is 2.17. The zero-order valence-electron chi connectivity index (χ0n) is 20.6. The molecule has 0 saturated heterocycles. The number of aliphatic hydroxyl groups is 1. The summed E-state index contributed by atoms with van der Waals surface area (Å²) in [6.07, 6.45) is 5.96. The fourth-order valence-corrected chi connectivity index (χ4v) is 6.67. The van der Waals surface area contributed by atoms with Crippen molar-refractivity contribution in [1.29, 1.82) is 0 Å². The highest BCUT2D eigenvalue weighted by Gasteiger charge is 2.50. The van der Waals surface area contributed by atoms with Crippen LogP contribution in [0.1, 0.15) is 96.8 Å². The SMILES string of the molecule is CCN(CC)CC(O)COc1ccc2c(c1C(C)C)CCC1C(C)(C)CCC[C@]21C. The van der Waals surface area contributed by atoms with Crippen molar-refractivity contribution in [1.82, 2.24) is 4.90 Å². The molecule has 1 aromatic carbocycles. The molecule has 0 aromatic heterocycles. The predicted octanol–water partition coefficient (Wildman–Crippen LogP) is 5.92. The lowest BCUT2D eigenvalue weighted by atomic mass is 9.50. The first-order valence-electron chi connectivity index (χ1n) is 12.3. The van der Waals surface area contributed by atoms with E-state index < -0.39 is 6.10 Å². The number of fused-ring (bicyclic) bond motifs is 3. The quantitative estimate of drug-likeness (QED) is 0.572. The van der Waals surface area contributed by atoms with Crippen LogP contribution in [-0.2, 0) is 11.8 Å². The van der Waals surface area contributed by atoms with Crippen LogP contribution in [0.5, 0.6) is 5.75 Å². The smallest absolute Gasteiger partial charge is 0.123 e. The van der Waals surface area contributed by atoms with Crippen LogP contribution in [0, 0.1) is 11.3 Å². The first kappa shape index (κ1) is 23.6. The van der Waals surface area contributed by atoms with E-state index in [1.54, 1.807) is 5.56 Å². The Bertz CT molecular complexity index is 722. The molecule has 30 heavy (non-hydrogen) atoms. The summed E-state index contributed by atoms with van der Waals surface area (Å²) in [6.45, 7) is 19.3. The van der Waals surface area contributed by atoms with Gasteiger partial charge in [0.1, 0.15) is 18.5 Å². The van der Waals surface area contributed by atoms with Gasteiger partial charge in [0.25, 0.3) is 0 Å². The summed E-state index contributed by atoms with van der Waals surface area (Å²) in [4.78, 5) is 2.25. The van der Waals surface area contributed by atoms with Crippen LogP contribution in [-0.4, -0.2) is 42.4 Å². The van der Waals surface area contributed by atoms with E-state index in [-0.39, 0.29) is 5.41 Å². The van der Waals surface area contributed by atoms with E-state index in [1.165, 1.54) is 36.8 Å². The van der Waals surface area contributed by atoms with Crippen LogP contribution >= 0.6 is 0 Å². The second-order valence-corrected chi connectivity index (χ2v) is 11.0. The Morgan fingerprint density at radius 2 is 1.83 bits per heavy atom. The van der Waals surface area contributed by atoms with Crippen molar-refractivity contribution in [3.05, 3.63) is 28.8 Å². The Kier molecular flexibility index (Phi) is 7.24. The highest BCUT2D eigenvalue weighted by Crippen LogP contribution is 2.58. The molecule has 1 N–H and O–H groups in total.